The van der Waals surface area contributed by atoms with Gasteiger partial charge in [0.2, 0.25) is 15.9 Å². The molecular formula is C21H28N2O3S. The molecule has 0 fully saturated rings. The van der Waals surface area contributed by atoms with Crippen molar-refractivity contribution in [1.82, 2.24) is 4.72 Å². The summed E-state index contributed by atoms with van der Waals surface area (Å²) in [4.78, 5) is 12.5. The van der Waals surface area contributed by atoms with E-state index in [0.29, 0.717) is 5.69 Å². The van der Waals surface area contributed by atoms with Crippen molar-refractivity contribution in [2.45, 2.75) is 52.9 Å². The van der Waals surface area contributed by atoms with Crippen LogP contribution in [0.25, 0.3) is 0 Å². The second-order valence-electron chi connectivity index (χ2n) is 6.84. The van der Waals surface area contributed by atoms with Gasteiger partial charge < -0.3 is 5.32 Å². The molecule has 0 aliphatic rings. The fourth-order valence-corrected chi connectivity index (χ4v) is 4.82. The Kier molecular flexibility index (Phi) is 6.44. The van der Waals surface area contributed by atoms with Crippen LogP contribution in [-0.4, -0.2) is 20.9 Å². The Hall–Kier alpha value is -2.18. The normalized spacial score (nSPS) is 11.5. The molecule has 0 spiro atoms. The molecule has 0 heterocycles. The van der Waals surface area contributed by atoms with E-state index in [1.807, 2.05) is 52.0 Å². The van der Waals surface area contributed by atoms with E-state index in [2.05, 4.69) is 10.0 Å². The lowest BCUT2D eigenvalue weighted by molar-refractivity contribution is -0.115. The first-order valence-corrected chi connectivity index (χ1v) is 10.5. The summed E-state index contributed by atoms with van der Waals surface area (Å²) < 4.78 is 28.2. The minimum atomic E-state index is -3.80. The van der Waals surface area contributed by atoms with Crippen LogP contribution in [0, 0.1) is 34.6 Å². The number of amides is 1. The van der Waals surface area contributed by atoms with E-state index in [9.17, 15) is 13.2 Å². The summed E-state index contributed by atoms with van der Waals surface area (Å²) >= 11 is 0. The first-order valence-electron chi connectivity index (χ1n) is 9.04. The van der Waals surface area contributed by atoms with Crippen LogP contribution in [0.5, 0.6) is 0 Å². The Labute approximate surface area is 162 Å². The minimum absolute atomic E-state index is 0.268. The number of carbonyl (C=O) groups excluding carboxylic acids is 1. The predicted octanol–water partition coefficient (Wildman–Crippen LogP) is 3.71. The van der Waals surface area contributed by atoms with Gasteiger partial charge in [0.15, 0.2) is 0 Å². The summed E-state index contributed by atoms with van der Waals surface area (Å²) in [5, 5.41) is 2.78. The number of hydrogen-bond acceptors (Lipinski definition) is 3. The summed E-state index contributed by atoms with van der Waals surface area (Å²) in [6.07, 6.45) is 0.780. The van der Waals surface area contributed by atoms with Gasteiger partial charge in [0.1, 0.15) is 0 Å². The average Bonchev–Trinajstić information content (AvgIpc) is 2.63. The summed E-state index contributed by atoms with van der Waals surface area (Å²) in [5.74, 6) is -0.393. The molecule has 27 heavy (non-hydrogen) atoms. The highest BCUT2D eigenvalue weighted by Gasteiger charge is 2.24. The smallest absolute Gasteiger partial charge is 0.241 e. The molecule has 6 heteroatoms. The molecule has 2 N–H and O–H groups in total. The van der Waals surface area contributed by atoms with Gasteiger partial charge in [0.25, 0.3) is 0 Å². The molecule has 0 aliphatic heterocycles. The minimum Gasteiger partial charge on any atom is -0.325 e. The van der Waals surface area contributed by atoms with Gasteiger partial charge in [-0.15, -0.1) is 0 Å². The average molecular weight is 389 g/mol. The van der Waals surface area contributed by atoms with Gasteiger partial charge in [-0.25, -0.2) is 13.1 Å². The molecule has 2 aromatic carbocycles. The number of anilines is 1. The van der Waals surface area contributed by atoms with E-state index in [4.69, 9.17) is 0 Å². The maximum Gasteiger partial charge on any atom is 0.241 e. The van der Waals surface area contributed by atoms with Crippen molar-refractivity contribution in [2.24, 2.45) is 0 Å². The summed E-state index contributed by atoms with van der Waals surface area (Å²) in [6.45, 7) is 11.1. The van der Waals surface area contributed by atoms with E-state index in [-0.39, 0.29) is 11.4 Å². The van der Waals surface area contributed by atoms with E-state index >= 15 is 0 Å². The summed E-state index contributed by atoms with van der Waals surface area (Å²) in [7, 11) is -3.80. The lowest BCUT2D eigenvalue weighted by Gasteiger charge is -2.19. The molecule has 0 saturated carbocycles. The maximum absolute atomic E-state index is 12.9. The molecule has 5 nitrogen and oxygen atoms in total. The van der Waals surface area contributed by atoms with Gasteiger partial charge in [0.05, 0.1) is 11.4 Å². The van der Waals surface area contributed by atoms with Crippen LogP contribution < -0.4 is 10.0 Å². The van der Waals surface area contributed by atoms with Crippen LogP contribution in [0.2, 0.25) is 0 Å². The molecule has 0 aromatic heterocycles. The number of aryl methyl sites for hydroxylation is 1. The number of para-hydroxylation sites is 1. The predicted molar refractivity (Wildman–Crippen MR) is 110 cm³/mol. The van der Waals surface area contributed by atoms with Crippen LogP contribution in [0.15, 0.2) is 29.2 Å². The quantitative estimate of drug-likeness (QED) is 0.792. The highest BCUT2D eigenvalue weighted by molar-refractivity contribution is 7.89. The Bertz CT molecular complexity index is 950. The third-order valence-electron chi connectivity index (χ3n) is 5.30. The zero-order valence-electron chi connectivity index (χ0n) is 16.9. The van der Waals surface area contributed by atoms with Crippen molar-refractivity contribution in [3.63, 3.8) is 0 Å². The van der Waals surface area contributed by atoms with Crippen molar-refractivity contribution < 1.29 is 13.2 Å². The fourth-order valence-electron chi connectivity index (χ4n) is 3.25. The second kappa shape index (κ2) is 8.23. The number of carbonyl (C=O) groups is 1. The zero-order valence-corrected chi connectivity index (χ0v) is 17.7. The Morgan fingerprint density at radius 1 is 0.889 bits per heavy atom. The maximum atomic E-state index is 12.9. The molecule has 0 radical (unpaired) electrons. The van der Waals surface area contributed by atoms with Crippen molar-refractivity contribution in [3.05, 3.63) is 57.6 Å². The molecule has 2 aromatic rings. The largest absolute Gasteiger partial charge is 0.325 e. The van der Waals surface area contributed by atoms with Crippen molar-refractivity contribution in [2.75, 3.05) is 11.9 Å². The molecular weight excluding hydrogens is 360 g/mol. The molecule has 2 rings (SSSR count). The lowest BCUT2D eigenvalue weighted by Crippen LogP contribution is -2.34. The molecule has 0 bridgehead atoms. The van der Waals surface area contributed by atoms with Gasteiger partial charge in [-0.2, -0.15) is 0 Å². The Morgan fingerprint density at radius 3 is 1.96 bits per heavy atom. The number of nitrogens with one attached hydrogen (secondary N) is 2. The number of hydrogen-bond donors (Lipinski definition) is 2. The first kappa shape index (κ1) is 21.1. The molecule has 146 valence electrons. The first-order chi connectivity index (χ1) is 12.6. The van der Waals surface area contributed by atoms with Gasteiger partial charge >= 0.3 is 0 Å². The van der Waals surface area contributed by atoms with E-state index in [1.165, 1.54) is 0 Å². The van der Waals surface area contributed by atoms with E-state index in [0.717, 1.165) is 39.8 Å². The highest BCUT2D eigenvalue weighted by Crippen LogP contribution is 2.29. The third-order valence-corrected chi connectivity index (χ3v) is 6.97. The van der Waals surface area contributed by atoms with Gasteiger partial charge in [-0.05, 0) is 80.5 Å². The number of rotatable bonds is 6. The SMILES string of the molecule is CCc1ccccc1NC(=O)CNS(=O)(=O)c1c(C)c(C)c(C)c(C)c1C. The summed E-state index contributed by atoms with van der Waals surface area (Å²) in [5.41, 5.74) is 6.17. The van der Waals surface area contributed by atoms with E-state index in [1.54, 1.807) is 13.8 Å². The van der Waals surface area contributed by atoms with Crippen molar-refractivity contribution in [3.8, 4) is 0 Å². The number of sulfonamides is 1. The zero-order chi connectivity index (χ0) is 20.4. The monoisotopic (exact) mass is 388 g/mol. The van der Waals surface area contributed by atoms with Crippen LogP contribution in [0.4, 0.5) is 5.69 Å². The fraction of sp³-hybridized carbons (Fsp3) is 0.381. The van der Waals surface area contributed by atoms with Crippen LogP contribution in [0.3, 0.4) is 0 Å². The molecule has 0 unspecified atom stereocenters. The Balaban J connectivity index is 2.22. The second-order valence-corrected chi connectivity index (χ2v) is 8.54. The summed E-state index contributed by atoms with van der Waals surface area (Å²) in [6, 6.07) is 7.49. The third kappa shape index (κ3) is 4.39. The highest BCUT2D eigenvalue weighted by atomic mass is 32.2. The number of benzene rings is 2. The van der Waals surface area contributed by atoms with Crippen molar-refractivity contribution >= 4 is 21.6 Å². The van der Waals surface area contributed by atoms with Gasteiger partial charge in [-0.3, -0.25) is 4.79 Å². The van der Waals surface area contributed by atoms with Crippen molar-refractivity contribution in [1.29, 1.82) is 0 Å². The molecule has 0 aliphatic carbocycles. The lowest BCUT2D eigenvalue weighted by atomic mass is 9.95. The Morgan fingerprint density at radius 2 is 1.41 bits per heavy atom. The van der Waals surface area contributed by atoms with Crippen LogP contribution >= 0.6 is 0 Å². The standard InChI is InChI=1S/C21H28N2O3S/c1-7-18-10-8-9-11-19(18)23-20(24)12-22-27(25,26)21-16(5)14(3)13(2)15(4)17(21)6/h8-11,22H,7,12H2,1-6H3,(H,23,24). The van der Waals surface area contributed by atoms with E-state index < -0.39 is 15.9 Å². The molecule has 1 amide bonds. The van der Waals surface area contributed by atoms with Crippen LogP contribution in [-0.2, 0) is 21.2 Å². The van der Waals surface area contributed by atoms with Gasteiger partial charge in [0, 0.05) is 5.69 Å². The molecule has 0 saturated heterocycles. The van der Waals surface area contributed by atoms with Crippen LogP contribution in [0.1, 0.15) is 40.3 Å². The van der Waals surface area contributed by atoms with Gasteiger partial charge in [-0.1, -0.05) is 25.1 Å². The molecule has 0 atom stereocenters. The topological polar surface area (TPSA) is 75.3 Å².